The summed E-state index contributed by atoms with van der Waals surface area (Å²) < 4.78 is 5.65. The van der Waals surface area contributed by atoms with E-state index in [2.05, 4.69) is 25.8 Å². The van der Waals surface area contributed by atoms with E-state index >= 15 is 0 Å². The maximum absolute atomic E-state index is 5.83. The summed E-state index contributed by atoms with van der Waals surface area (Å²) in [5.41, 5.74) is 5.83. The van der Waals surface area contributed by atoms with Crippen molar-refractivity contribution in [1.29, 1.82) is 0 Å². The normalized spacial score (nSPS) is 20.1. The monoisotopic (exact) mass is 228 g/mol. The SMILES string of the molecule is CCC(C)C(CN)N(C)CCOCC1CC1. The Morgan fingerprint density at radius 2 is 2.12 bits per heavy atom. The van der Waals surface area contributed by atoms with Crippen molar-refractivity contribution in [2.45, 2.75) is 39.2 Å². The maximum atomic E-state index is 5.83. The third-order valence-corrected chi connectivity index (χ3v) is 3.75. The lowest BCUT2D eigenvalue weighted by Crippen LogP contribution is -2.43. The van der Waals surface area contributed by atoms with Gasteiger partial charge in [-0.15, -0.1) is 0 Å². The third-order valence-electron chi connectivity index (χ3n) is 3.75. The van der Waals surface area contributed by atoms with Gasteiger partial charge in [-0.05, 0) is 31.7 Å². The van der Waals surface area contributed by atoms with Gasteiger partial charge in [-0.3, -0.25) is 4.90 Å². The standard InChI is InChI=1S/C13H28N2O/c1-4-11(2)13(9-14)15(3)7-8-16-10-12-5-6-12/h11-13H,4-10,14H2,1-3H3. The second-order valence-electron chi connectivity index (χ2n) is 5.19. The molecule has 2 atom stereocenters. The zero-order valence-corrected chi connectivity index (χ0v) is 11.1. The van der Waals surface area contributed by atoms with Crippen molar-refractivity contribution in [3.8, 4) is 0 Å². The van der Waals surface area contributed by atoms with Crippen LogP contribution in [0.15, 0.2) is 0 Å². The highest BCUT2D eigenvalue weighted by Gasteiger charge is 2.22. The molecule has 0 radical (unpaired) electrons. The first-order valence-corrected chi connectivity index (χ1v) is 6.67. The van der Waals surface area contributed by atoms with Crippen LogP contribution in [0.5, 0.6) is 0 Å². The smallest absolute Gasteiger partial charge is 0.0593 e. The minimum Gasteiger partial charge on any atom is -0.380 e. The Balaban J connectivity index is 2.11. The molecule has 2 unspecified atom stereocenters. The highest BCUT2D eigenvalue weighted by atomic mass is 16.5. The largest absolute Gasteiger partial charge is 0.380 e. The van der Waals surface area contributed by atoms with Gasteiger partial charge in [0.1, 0.15) is 0 Å². The molecule has 1 aliphatic carbocycles. The molecule has 1 saturated carbocycles. The van der Waals surface area contributed by atoms with Gasteiger partial charge in [0.05, 0.1) is 6.61 Å². The van der Waals surface area contributed by atoms with Crippen molar-refractivity contribution < 1.29 is 4.74 Å². The van der Waals surface area contributed by atoms with Gasteiger partial charge < -0.3 is 10.5 Å². The molecule has 96 valence electrons. The van der Waals surface area contributed by atoms with Gasteiger partial charge in [0, 0.05) is 25.7 Å². The Bertz CT molecular complexity index is 183. The van der Waals surface area contributed by atoms with Crippen LogP contribution in [0.3, 0.4) is 0 Å². The number of rotatable bonds is 9. The maximum Gasteiger partial charge on any atom is 0.0593 e. The minimum absolute atomic E-state index is 0.495. The Morgan fingerprint density at radius 3 is 2.62 bits per heavy atom. The van der Waals surface area contributed by atoms with E-state index in [9.17, 15) is 0 Å². The Kier molecular flexibility index (Phi) is 6.32. The van der Waals surface area contributed by atoms with Gasteiger partial charge in [-0.25, -0.2) is 0 Å². The predicted octanol–water partition coefficient (Wildman–Crippen LogP) is 1.72. The van der Waals surface area contributed by atoms with E-state index in [4.69, 9.17) is 10.5 Å². The van der Waals surface area contributed by atoms with Crippen LogP contribution in [-0.2, 0) is 4.74 Å². The number of hydrogen-bond donors (Lipinski definition) is 1. The molecule has 0 saturated heterocycles. The number of likely N-dealkylation sites (N-methyl/N-ethyl adjacent to an activating group) is 1. The van der Waals surface area contributed by atoms with E-state index in [1.165, 1.54) is 19.3 Å². The van der Waals surface area contributed by atoms with Crippen LogP contribution in [0.2, 0.25) is 0 Å². The summed E-state index contributed by atoms with van der Waals surface area (Å²) in [6.45, 7) is 8.06. The number of hydrogen-bond acceptors (Lipinski definition) is 3. The van der Waals surface area contributed by atoms with Crippen LogP contribution < -0.4 is 5.73 Å². The summed E-state index contributed by atoms with van der Waals surface area (Å²) in [7, 11) is 2.16. The third kappa shape index (κ3) is 4.81. The molecule has 0 aliphatic heterocycles. The first kappa shape index (κ1) is 13.9. The number of ether oxygens (including phenoxy) is 1. The van der Waals surface area contributed by atoms with Crippen LogP contribution in [0, 0.1) is 11.8 Å². The molecule has 0 spiro atoms. The highest BCUT2D eigenvalue weighted by molar-refractivity contribution is 4.75. The molecular formula is C13H28N2O. The lowest BCUT2D eigenvalue weighted by Gasteiger charge is -2.31. The van der Waals surface area contributed by atoms with Crippen molar-refractivity contribution in [1.82, 2.24) is 4.90 Å². The summed E-state index contributed by atoms with van der Waals surface area (Å²) >= 11 is 0. The Morgan fingerprint density at radius 1 is 1.44 bits per heavy atom. The van der Waals surface area contributed by atoms with E-state index < -0.39 is 0 Å². The number of nitrogens with two attached hydrogens (primary N) is 1. The Hall–Kier alpha value is -0.120. The summed E-state index contributed by atoms with van der Waals surface area (Å²) in [5, 5.41) is 0. The molecule has 1 fully saturated rings. The summed E-state index contributed by atoms with van der Waals surface area (Å²) in [6.07, 6.45) is 3.93. The molecule has 0 aromatic rings. The molecule has 0 aromatic carbocycles. The zero-order chi connectivity index (χ0) is 12.0. The van der Waals surface area contributed by atoms with Gasteiger partial charge in [0.15, 0.2) is 0 Å². The van der Waals surface area contributed by atoms with Crippen molar-refractivity contribution in [3.05, 3.63) is 0 Å². The fourth-order valence-electron chi connectivity index (χ4n) is 2.03. The van der Waals surface area contributed by atoms with Gasteiger partial charge >= 0.3 is 0 Å². The van der Waals surface area contributed by atoms with Gasteiger partial charge in [-0.1, -0.05) is 20.3 Å². The second-order valence-corrected chi connectivity index (χ2v) is 5.19. The van der Waals surface area contributed by atoms with Crippen molar-refractivity contribution in [3.63, 3.8) is 0 Å². The van der Waals surface area contributed by atoms with Gasteiger partial charge in [0.2, 0.25) is 0 Å². The molecule has 0 bridgehead atoms. The van der Waals surface area contributed by atoms with Crippen LogP contribution in [0.4, 0.5) is 0 Å². The molecule has 0 aromatic heterocycles. The quantitative estimate of drug-likeness (QED) is 0.611. The molecule has 3 nitrogen and oxygen atoms in total. The van der Waals surface area contributed by atoms with E-state index in [0.717, 1.165) is 32.2 Å². The lowest BCUT2D eigenvalue weighted by molar-refractivity contribution is 0.0821. The molecular weight excluding hydrogens is 200 g/mol. The van der Waals surface area contributed by atoms with Crippen LogP contribution in [0.25, 0.3) is 0 Å². The Labute approximate surface area is 100 Å². The van der Waals surface area contributed by atoms with E-state index in [1.807, 2.05) is 0 Å². The lowest BCUT2D eigenvalue weighted by atomic mass is 9.98. The first-order valence-electron chi connectivity index (χ1n) is 6.67. The fourth-order valence-corrected chi connectivity index (χ4v) is 2.03. The number of nitrogens with zero attached hydrogens (tertiary/aromatic N) is 1. The summed E-state index contributed by atoms with van der Waals surface area (Å²) in [4.78, 5) is 2.35. The van der Waals surface area contributed by atoms with Crippen molar-refractivity contribution in [2.75, 3.05) is 33.4 Å². The predicted molar refractivity (Wildman–Crippen MR) is 68.5 cm³/mol. The summed E-state index contributed by atoms with van der Waals surface area (Å²) in [5.74, 6) is 1.53. The highest BCUT2D eigenvalue weighted by Crippen LogP contribution is 2.28. The van der Waals surface area contributed by atoms with E-state index in [-0.39, 0.29) is 0 Å². The average molecular weight is 228 g/mol. The molecule has 1 aliphatic rings. The van der Waals surface area contributed by atoms with E-state index in [1.54, 1.807) is 0 Å². The fraction of sp³-hybridized carbons (Fsp3) is 1.00. The topological polar surface area (TPSA) is 38.5 Å². The molecule has 0 heterocycles. The van der Waals surface area contributed by atoms with Crippen molar-refractivity contribution >= 4 is 0 Å². The minimum atomic E-state index is 0.495. The molecule has 3 heteroatoms. The molecule has 2 N–H and O–H groups in total. The molecule has 1 rings (SSSR count). The van der Waals surface area contributed by atoms with Crippen LogP contribution in [0.1, 0.15) is 33.1 Å². The first-order chi connectivity index (χ1) is 7.69. The zero-order valence-electron chi connectivity index (χ0n) is 11.1. The van der Waals surface area contributed by atoms with Gasteiger partial charge in [-0.2, -0.15) is 0 Å². The van der Waals surface area contributed by atoms with Crippen LogP contribution in [-0.4, -0.2) is 44.3 Å². The van der Waals surface area contributed by atoms with E-state index in [0.29, 0.717) is 12.0 Å². The molecule has 16 heavy (non-hydrogen) atoms. The molecule has 0 amide bonds. The van der Waals surface area contributed by atoms with Crippen molar-refractivity contribution in [2.24, 2.45) is 17.6 Å². The van der Waals surface area contributed by atoms with Gasteiger partial charge in [0.25, 0.3) is 0 Å². The summed E-state index contributed by atoms with van der Waals surface area (Å²) in [6, 6.07) is 0.495. The average Bonchev–Trinajstić information content (AvgIpc) is 3.09. The second kappa shape index (κ2) is 7.25. The van der Waals surface area contributed by atoms with Crippen LogP contribution >= 0.6 is 0 Å².